The maximum Gasteiger partial charge on any atom is 0.192 e. The van der Waals surface area contributed by atoms with Crippen molar-refractivity contribution in [3.63, 3.8) is 0 Å². The molecule has 0 aliphatic carbocycles. The van der Waals surface area contributed by atoms with Crippen molar-refractivity contribution >= 4 is 5.96 Å². The predicted molar refractivity (Wildman–Crippen MR) is 85.4 cm³/mol. The van der Waals surface area contributed by atoms with Crippen LogP contribution in [-0.2, 0) is 0 Å². The molecule has 2 aliphatic rings. The standard InChI is InChI=1S/C17H23N3O/c1-12(2)7-9-19-17(18)20-10-8-13-11-21-15-6-4-3-5-14(15)16(13)20/h3-7,13,16H,8-11H2,1-2H3,(H2,18,19)/t13-,16-/m0/s1. The smallest absolute Gasteiger partial charge is 0.192 e. The van der Waals surface area contributed by atoms with Crippen LogP contribution in [0.5, 0.6) is 5.75 Å². The van der Waals surface area contributed by atoms with Gasteiger partial charge in [0.15, 0.2) is 5.96 Å². The first-order valence-electron chi connectivity index (χ1n) is 7.58. The Morgan fingerprint density at radius 2 is 2.24 bits per heavy atom. The molecule has 3 rings (SSSR count). The third kappa shape index (κ3) is 2.75. The van der Waals surface area contributed by atoms with Gasteiger partial charge in [0.1, 0.15) is 5.75 Å². The highest BCUT2D eigenvalue weighted by Gasteiger charge is 2.40. The molecular weight excluding hydrogens is 262 g/mol. The van der Waals surface area contributed by atoms with Gasteiger partial charge in [-0.1, -0.05) is 29.8 Å². The van der Waals surface area contributed by atoms with Crippen molar-refractivity contribution in [3.05, 3.63) is 41.5 Å². The highest BCUT2D eigenvalue weighted by atomic mass is 16.5. The number of hydrogen-bond donors (Lipinski definition) is 1. The summed E-state index contributed by atoms with van der Waals surface area (Å²) in [6.45, 7) is 6.54. The van der Waals surface area contributed by atoms with Crippen LogP contribution in [0.25, 0.3) is 0 Å². The van der Waals surface area contributed by atoms with Crippen LogP contribution in [0.1, 0.15) is 31.9 Å². The van der Waals surface area contributed by atoms with E-state index in [1.165, 1.54) is 11.1 Å². The van der Waals surface area contributed by atoms with Gasteiger partial charge in [0, 0.05) is 18.0 Å². The van der Waals surface area contributed by atoms with Gasteiger partial charge >= 0.3 is 0 Å². The molecule has 2 atom stereocenters. The highest BCUT2D eigenvalue weighted by molar-refractivity contribution is 5.79. The molecule has 21 heavy (non-hydrogen) atoms. The summed E-state index contributed by atoms with van der Waals surface area (Å²) in [5.41, 5.74) is 8.74. The summed E-state index contributed by atoms with van der Waals surface area (Å²) >= 11 is 0. The summed E-state index contributed by atoms with van der Waals surface area (Å²) in [4.78, 5) is 6.75. The van der Waals surface area contributed by atoms with Crippen LogP contribution in [-0.4, -0.2) is 30.6 Å². The summed E-state index contributed by atoms with van der Waals surface area (Å²) in [6.07, 6.45) is 3.20. The minimum atomic E-state index is 0.311. The second-order valence-electron chi connectivity index (χ2n) is 6.02. The molecule has 0 radical (unpaired) electrons. The van der Waals surface area contributed by atoms with Gasteiger partial charge in [-0.05, 0) is 26.3 Å². The van der Waals surface area contributed by atoms with Gasteiger partial charge in [0.25, 0.3) is 0 Å². The molecule has 0 unspecified atom stereocenters. The van der Waals surface area contributed by atoms with Crippen LogP contribution in [0.15, 0.2) is 40.9 Å². The van der Waals surface area contributed by atoms with Gasteiger partial charge in [0.2, 0.25) is 0 Å². The number of fused-ring (bicyclic) bond motifs is 3. The SMILES string of the molecule is CC(C)=CCN=C(N)N1CC[C@H]2COc3ccccc3[C@H]21. The summed E-state index contributed by atoms with van der Waals surface area (Å²) in [5.74, 6) is 2.15. The number of benzene rings is 1. The minimum absolute atomic E-state index is 0.311. The molecular formula is C17H23N3O. The Balaban J connectivity index is 1.84. The van der Waals surface area contributed by atoms with Crippen molar-refractivity contribution in [2.24, 2.45) is 16.6 Å². The quantitative estimate of drug-likeness (QED) is 0.516. The lowest BCUT2D eigenvalue weighted by Gasteiger charge is -2.34. The molecule has 4 nitrogen and oxygen atoms in total. The van der Waals surface area contributed by atoms with Crippen molar-refractivity contribution in [3.8, 4) is 5.75 Å². The minimum Gasteiger partial charge on any atom is -0.493 e. The summed E-state index contributed by atoms with van der Waals surface area (Å²) < 4.78 is 5.86. The van der Waals surface area contributed by atoms with E-state index in [0.29, 0.717) is 24.5 Å². The fourth-order valence-electron chi connectivity index (χ4n) is 3.18. The van der Waals surface area contributed by atoms with E-state index in [4.69, 9.17) is 10.5 Å². The zero-order valence-corrected chi connectivity index (χ0v) is 12.7. The van der Waals surface area contributed by atoms with Gasteiger partial charge in [-0.15, -0.1) is 0 Å². The maximum absolute atomic E-state index is 6.24. The Morgan fingerprint density at radius 3 is 3.05 bits per heavy atom. The average molecular weight is 285 g/mol. The van der Waals surface area contributed by atoms with Crippen LogP contribution in [0.3, 0.4) is 0 Å². The summed E-state index contributed by atoms with van der Waals surface area (Å²) in [7, 11) is 0. The Morgan fingerprint density at radius 1 is 1.43 bits per heavy atom. The summed E-state index contributed by atoms with van der Waals surface area (Å²) in [5, 5.41) is 0. The van der Waals surface area contributed by atoms with E-state index in [1.54, 1.807) is 0 Å². The van der Waals surface area contributed by atoms with E-state index in [0.717, 1.165) is 25.3 Å². The van der Waals surface area contributed by atoms with Crippen LogP contribution >= 0.6 is 0 Å². The lowest BCUT2D eigenvalue weighted by molar-refractivity contribution is 0.180. The average Bonchev–Trinajstić information content (AvgIpc) is 2.91. The molecule has 1 fully saturated rings. The first-order chi connectivity index (χ1) is 10.2. The van der Waals surface area contributed by atoms with E-state index in [2.05, 4.69) is 41.9 Å². The Labute approximate surface area is 126 Å². The summed E-state index contributed by atoms with van der Waals surface area (Å²) in [6, 6.07) is 8.58. The number of nitrogens with two attached hydrogens (primary N) is 1. The fraction of sp³-hybridized carbons (Fsp3) is 0.471. The number of ether oxygens (including phenoxy) is 1. The van der Waals surface area contributed by atoms with Crippen molar-refractivity contribution in [2.75, 3.05) is 19.7 Å². The fourth-order valence-corrected chi connectivity index (χ4v) is 3.18. The van der Waals surface area contributed by atoms with Crippen molar-refractivity contribution < 1.29 is 4.74 Å². The first-order valence-corrected chi connectivity index (χ1v) is 7.58. The Hall–Kier alpha value is -1.97. The van der Waals surface area contributed by atoms with Crippen LogP contribution < -0.4 is 10.5 Å². The molecule has 0 aromatic heterocycles. The molecule has 1 aromatic carbocycles. The molecule has 4 heteroatoms. The van der Waals surface area contributed by atoms with Gasteiger partial charge in [-0.2, -0.15) is 0 Å². The largest absolute Gasteiger partial charge is 0.493 e. The van der Waals surface area contributed by atoms with E-state index in [-0.39, 0.29) is 0 Å². The second kappa shape index (κ2) is 5.80. The third-order valence-electron chi connectivity index (χ3n) is 4.26. The van der Waals surface area contributed by atoms with Crippen molar-refractivity contribution in [2.45, 2.75) is 26.3 Å². The number of aliphatic imine (C=N–C) groups is 1. The number of likely N-dealkylation sites (tertiary alicyclic amines) is 1. The number of guanidine groups is 1. The van der Waals surface area contributed by atoms with Gasteiger partial charge in [-0.3, -0.25) is 0 Å². The number of rotatable bonds is 2. The molecule has 2 aliphatic heterocycles. The molecule has 112 valence electrons. The maximum atomic E-state index is 6.24. The number of hydrogen-bond acceptors (Lipinski definition) is 2. The molecule has 1 saturated heterocycles. The topological polar surface area (TPSA) is 50.8 Å². The highest BCUT2D eigenvalue weighted by Crippen LogP contribution is 2.44. The lowest BCUT2D eigenvalue weighted by atomic mass is 9.91. The molecule has 0 saturated carbocycles. The first kappa shape index (κ1) is 14.0. The van der Waals surface area contributed by atoms with E-state index in [1.807, 2.05) is 12.1 Å². The molecule has 2 heterocycles. The zero-order chi connectivity index (χ0) is 14.8. The number of nitrogens with zero attached hydrogens (tertiary/aromatic N) is 2. The van der Waals surface area contributed by atoms with E-state index >= 15 is 0 Å². The lowest BCUT2D eigenvalue weighted by Crippen LogP contribution is -2.40. The second-order valence-corrected chi connectivity index (χ2v) is 6.02. The van der Waals surface area contributed by atoms with Gasteiger partial charge < -0.3 is 15.4 Å². The van der Waals surface area contributed by atoms with E-state index in [9.17, 15) is 0 Å². The predicted octanol–water partition coefficient (Wildman–Crippen LogP) is 2.72. The van der Waals surface area contributed by atoms with Gasteiger partial charge in [0.05, 0.1) is 19.2 Å². The van der Waals surface area contributed by atoms with Crippen molar-refractivity contribution in [1.29, 1.82) is 0 Å². The van der Waals surface area contributed by atoms with Crippen LogP contribution in [0, 0.1) is 5.92 Å². The molecule has 0 bridgehead atoms. The van der Waals surface area contributed by atoms with Gasteiger partial charge in [-0.25, -0.2) is 4.99 Å². The number of allylic oxidation sites excluding steroid dienone is 1. The van der Waals surface area contributed by atoms with Crippen molar-refractivity contribution in [1.82, 2.24) is 4.90 Å². The third-order valence-corrected chi connectivity index (χ3v) is 4.26. The van der Waals surface area contributed by atoms with E-state index < -0.39 is 0 Å². The normalized spacial score (nSPS) is 24.1. The zero-order valence-electron chi connectivity index (χ0n) is 12.7. The monoisotopic (exact) mass is 285 g/mol. The van der Waals surface area contributed by atoms with Crippen LogP contribution in [0.4, 0.5) is 0 Å². The molecule has 0 amide bonds. The Bertz CT molecular complexity index is 575. The molecule has 2 N–H and O–H groups in total. The van der Waals surface area contributed by atoms with Crippen LogP contribution in [0.2, 0.25) is 0 Å². The molecule has 1 aromatic rings. The molecule has 0 spiro atoms. The number of para-hydroxylation sites is 1. The Kier molecular flexibility index (Phi) is 3.86.